The van der Waals surface area contributed by atoms with Crippen LogP contribution < -0.4 is 14.2 Å². The summed E-state index contributed by atoms with van der Waals surface area (Å²) < 4.78 is 21.1. The van der Waals surface area contributed by atoms with Gasteiger partial charge in [0.25, 0.3) is 0 Å². The van der Waals surface area contributed by atoms with Crippen molar-refractivity contribution in [2.75, 3.05) is 41.2 Å². The van der Waals surface area contributed by atoms with E-state index < -0.39 is 43.5 Å². The maximum atomic E-state index is 11.6. The molecule has 0 saturated carbocycles. The Morgan fingerprint density at radius 3 is 1.57 bits per heavy atom. The number of aliphatic hydroxyl groups is 3. The molecular weight excluding hydrogens is 380 g/mol. The van der Waals surface area contributed by atoms with Crippen LogP contribution in [0.2, 0.25) is 0 Å². The summed E-state index contributed by atoms with van der Waals surface area (Å²) in [6, 6.07) is 3.09. The van der Waals surface area contributed by atoms with Gasteiger partial charge in [-0.15, -0.1) is 0 Å². The average molecular weight is 406 g/mol. The quantitative estimate of drug-likeness (QED) is 0.361. The molecule has 1 rings (SSSR count). The van der Waals surface area contributed by atoms with E-state index in [-0.39, 0.29) is 17.1 Å². The number of methoxy groups -OCH3 is 3. The molecule has 28 heavy (non-hydrogen) atoms. The molecule has 5 N–H and O–H groups in total. The highest BCUT2D eigenvalue weighted by Gasteiger charge is 2.44. The van der Waals surface area contributed by atoms with Crippen molar-refractivity contribution in [3.8, 4) is 17.2 Å². The lowest BCUT2D eigenvalue weighted by Crippen LogP contribution is -2.42. The number of aliphatic hydroxyl groups excluding tert-OH is 3. The molecule has 0 fully saturated rings. The fourth-order valence-corrected chi connectivity index (χ4v) is 2.35. The maximum Gasteiger partial charge on any atom is 0.503 e. The fourth-order valence-electron chi connectivity index (χ4n) is 2.35. The van der Waals surface area contributed by atoms with Crippen LogP contribution in [0.3, 0.4) is 0 Å². The molecule has 0 bridgehead atoms. The molecule has 1 atom stereocenters. The van der Waals surface area contributed by atoms with Crippen molar-refractivity contribution in [2.45, 2.75) is 13.0 Å². The number of carbonyl (C=O) groups excluding carboxylic acids is 1. The first-order chi connectivity index (χ1) is 13.2. The van der Waals surface area contributed by atoms with Crippen LogP contribution >= 0.6 is 0 Å². The molecule has 11 nitrogen and oxygen atoms in total. The van der Waals surface area contributed by atoms with E-state index in [1.807, 2.05) is 0 Å². The molecule has 0 amide bonds. The van der Waals surface area contributed by atoms with Crippen LogP contribution in [0.25, 0.3) is 0 Å². The SMILES string of the molecule is COc1cc(OC)c(C(OC(C)=O)C(CO)(CO)CO)c(OC)c1.O=C(O)O. The molecule has 160 valence electrons. The predicted molar refractivity (Wildman–Crippen MR) is 94.9 cm³/mol. The Morgan fingerprint density at radius 2 is 1.32 bits per heavy atom. The van der Waals surface area contributed by atoms with Crippen molar-refractivity contribution in [3.63, 3.8) is 0 Å². The van der Waals surface area contributed by atoms with Crippen LogP contribution in [0.1, 0.15) is 18.6 Å². The number of esters is 1. The van der Waals surface area contributed by atoms with Crippen molar-refractivity contribution >= 4 is 12.1 Å². The molecule has 1 unspecified atom stereocenters. The van der Waals surface area contributed by atoms with Gasteiger partial charge in [-0.05, 0) is 0 Å². The van der Waals surface area contributed by atoms with Gasteiger partial charge < -0.3 is 44.5 Å². The molecule has 0 aromatic heterocycles. The molecule has 0 spiro atoms. The number of rotatable bonds is 9. The van der Waals surface area contributed by atoms with E-state index in [0.717, 1.165) is 0 Å². The zero-order valence-electron chi connectivity index (χ0n) is 16.0. The normalized spacial score (nSPS) is 11.5. The molecule has 0 saturated heterocycles. The molecule has 0 aliphatic rings. The van der Waals surface area contributed by atoms with Gasteiger partial charge in [-0.3, -0.25) is 4.79 Å². The van der Waals surface area contributed by atoms with E-state index in [1.54, 1.807) is 12.1 Å². The average Bonchev–Trinajstić information content (AvgIpc) is 2.67. The van der Waals surface area contributed by atoms with E-state index in [9.17, 15) is 20.1 Å². The summed E-state index contributed by atoms with van der Waals surface area (Å²) in [6.45, 7) is -0.699. The molecule has 0 heterocycles. The van der Waals surface area contributed by atoms with Crippen molar-refractivity contribution in [1.29, 1.82) is 0 Å². The first-order valence-electron chi connectivity index (χ1n) is 7.87. The van der Waals surface area contributed by atoms with Crippen LogP contribution in [0, 0.1) is 5.41 Å². The Kier molecular flexibility index (Phi) is 10.7. The van der Waals surface area contributed by atoms with Crippen LogP contribution in [-0.4, -0.2) is 78.8 Å². The first kappa shape index (κ1) is 25.2. The molecule has 1 aromatic rings. The molecule has 0 aliphatic carbocycles. The summed E-state index contributed by atoms with van der Waals surface area (Å²) in [5, 5.41) is 43.1. The minimum Gasteiger partial charge on any atom is -0.496 e. The second-order valence-corrected chi connectivity index (χ2v) is 5.55. The van der Waals surface area contributed by atoms with Gasteiger partial charge in [0.05, 0.1) is 52.1 Å². The lowest BCUT2D eigenvalue weighted by atomic mass is 9.80. The summed E-state index contributed by atoms with van der Waals surface area (Å²) in [5.74, 6) is 0.311. The van der Waals surface area contributed by atoms with Gasteiger partial charge in [0.1, 0.15) is 23.4 Å². The standard InChI is InChI=1S/C16H24O8.CH2O3/c1-10(20)24-15(16(7-17,8-18)9-19)14-12(22-3)5-11(21-2)6-13(14)23-4;2-1(3)4/h5-6,15,17-19H,7-9H2,1-4H3;(H2,2,3,4). The van der Waals surface area contributed by atoms with E-state index in [4.69, 9.17) is 34.0 Å². The molecule has 11 heteroatoms. The Hall–Kier alpha value is -2.76. The second-order valence-electron chi connectivity index (χ2n) is 5.55. The highest BCUT2D eigenvalue weighted by molar-refractivity contribution is 5.67. The summed E-state index contributed by atoms with van der Waals surface area (Å²) in [6.07, 6.45) is -3.04. The number of carboxylic acid groups (broad SMARTS) is 2. The topological polar surface area (TPSA) is 172 Å². The number of benzene rings is 1. The van der Waals surface area contributed by atoms with Gasteiger partial charge in [-0.25, -0.2) is 4.79 Å². The molecule has 1 aromatic carbocycles. The van der Waals surface area contributed by atoms with E-state index >= 15 is 0 Å². The van der Waals surface area contributed by atoms with Gasteiger partial charge in [-0.2, -0.15) is 0 Å². The Labute approximate surface area is 161 Å². The van der Waals surface area contributed by atoms with Gasteiger partial charge >= 0.3 is 12.1 Å². The minimum atomic E-state index is -1.83. The summed E-state index contributed by atoms with van der Waals surface area (Å²) in [4.78, 5) is 20.1. The van der Waals surface area contributed by atoms with Crippen molar-refractivity contribution < 1.29 is 54.1 Å². The number of ether oxygens (including phenoxy) is 4. The third-order valence-corrected chi connectivity index (χ3v) is 3.80. The summed E-state index contributed by atoms with van der Waals surface area (Å²) in [5.41, 5.74) is -1.26. The fraction of sp³-hybridized carbons (Fsp3) is 0.529. The molecule has 0 radical (unpaired) electrons. The first-order valence-corrected chi connectivity index (χ1v) is 7.87. The second kappa shape index (κ2) is 11.8. The van der Waals surface area contributed by atoms with Crippen LogP contribution in [0.15, 0.2) is 12.1 Å². The molecular formula is C17H26O11. The number of carbonyl (C=O) groups is 2. The highest BCUT2D eigenvalue weighted by atomic mass is 16.6. The number of hydrogen-bond acceptors (Lipinski definition) is 9. The summed E-state index contributed by atoms with van der Waals surface area (Å²) in [7, 11) is 4.28. The Balaban J connectivity index is 0.00000165. The predicted octanol–water partition coefficient (Wildman–Crippen LogP) is 0.502. The Morgan fingerprint density at radius 1 is 0.929 bits per heavy atom. The zero-order chi connectivity index (χ0) is 21.9. The highest BCUT2D eigenvalue weighted by Crippen LogP contribution is 2.47. The smallest absolute Gasteiger partial charge is 0.496 e. The molecule has 0 aliphatic heterocycles. The summed E-state index contributed by atoms with van der Waals surface area (Å²) >= 11 is 0. The van der Waals surface area contributed by atoms with Gasteiger partial charge in [-0.1, -0.05) is 0 Å². The third-order valence-electron chi connectivity index (χ3n) is 3.80. The monoisotopic (exact) mass is 406 g/mol. The van der Waals surface area contributed by atoms with Crippen LogP contribution in [-0.2, 0) is 9.53 Å². The van der Waals surface area contributed by atoms with Crippen LogP contribution in [0.5, 0.6) is 17.2 Å². The van der Waals surface area contributed by atoms with E-state index in [0.29, 0.717) is 5.75 Å². The lowest BCUT2D eigenvalue weighted by molar-refractivity contribution is -0.164. The number of hydrogen-bond donors (Lipinski definition) is 5. The van der Waals surface area contributed by atoms with Gasteiger partial charge in [0.15, 0.2) is 0 Å². The van der Waals surface area contributed by atoms with E-state index in [2.05, 4.69) is 0 Å². The van der Waals surface area contributed by atoms with Crippen molar-refractivity contribution in [3.05, 3.63) is 17.7 Å². The van der Waals surface area contributed by atoms with Crippen LogP contribution in [0.4, 0.5) is 4.79 Å². The van der Waals surface area contributed by atoms with Gasteiger partial charge in [0.2, 0.25) is 0 Å². The minimum absolute atomic E-state index is 0.261. The zero-order valence-corrected chi connectivity index (χ0v) is 16.0. The van der Waals surface area contributed by atoms with E-state index in [1.165, 1.54) is 28.3 Å². The largest absolute Gasteiger partial charge is 0.503 e. The third kappa shape index (κ3) is 6.44. The van der Waals surface area contributed by atoms with Gasteiger partial charge in [0, 0.05) is 19.1 Å². The lowest BCUT2D eigenvalue weighted by Gasteiger charge is -2.36. The Bertz CT molecular complexity index is 603. The maximum absolute atomic E-state index is 11.6. The van der Waals surface area contributed by atoms with Crippen molar-refractivity contribution in [2.24, 2.45) is 5.41 Å². The van der Waals surface area contributed by atoms with Crippen molar-refractivity contribution in [1.82, 2.24) is 0 Å².